The van der Waals surface area contributed by atoms with Crippen molar-refractivity contribution in [2.75, 3.05) is 31.5 Å². The fourth-order valence-corrected chi connectivity index (χ4v) is 4.25. The minimum Gasteiger partial charge on any atom is -0.338 e. The van der Waals surface area contributed by atoms with Gasteiger partial charge in [-0.25, -0.2) is 4.79 Å². The lowest BCUT2D eigenvalue weighted by Gasteiger charge is -2.39. The zero-order chi connectivity index (χ0) is 19.7. The van der Waals surface area contributed by atoms with Gasteiger partial charge in [0.2, 0.25) is 5.91 Å². The number of rotatable bonds is 3. The molecule has 2 aromatic rings. The van der Waals surface area contributed by atoms with E-state index in [1.807, 2.05) is 35.9 Å². The van der Waals surface area contributed by atoms with E-state index < -0.39 is 6.04 Å². The van der Waals surface area contributed by atoms with Gasteiger partial charge < -0.3 is 20.4 Å². The van der Waals surface area contributed by atoms with Crippen LogP contribution < -0.4 is 10.6 Å². The summed E-state index contributed by atoms with van der Waals surface area (Å²) in [7, 11) is 0. The standard InChI is InChI=1S/C20H22N4O3S/c1-2-6-21-20(27)23-7-8-24-17(11-23)18(25)22-16-4-3-13(10-15(16)19(24)26)14-5-9-28-12-14/h3-5,9-10,12,17H,2,6-8,11H2,1H3,(H,21,27)(H,22,25)/t17-/m0/s1. The SMILES string of the molecule is CCCNC(=O)N1CCN2C(=O)c3cc(-c4ccsc4)ccc3NC(=O)[C@@H]2C1. The van der Waals surface area contributed by atoms with Crippen molar-refractivity contribution in [2.24, 2.45) is 0 Å². The number of anilines is 1. The van der Waals surface area contributed by atoms with Crippen LogP contribution >= 0.6 is 11.3 Å². The van der Waals surface area contributed by atoms with E-state index in [1.165, 1.54) is 0 Å². The van der Waals surface area contributed by atoms with Crippen molar-refractivity contribution < 1.29 is 14.4 Å². The maximum atomic E-state index is 13.2. The first-order valence-corrected chi connectivity index (χ1v) is 10.3. The molecule has 0 saturated carbocycles. The molecule has 8 heteroatoms. The highest BCUT2D eigenvalue weighted by molar-refractivity contribution is 7.08. The van der Waals surface area contributed by atoms with Crippen LogP contribution in [0.5, 0.6) is 0 Å². The molecule has 0 unspecified atom stereocenters. The Bertz CT molecular complexity index is 912. The lowest BCUT2D eigenvalue weighted by Crippen LogP contribution is -2.60. The number of urea groups is 1. The monoisotopic (exact) mass is 398 g/mol. The second kappa shape index (κ2) is 7.63. The first kappa shape index (κ1) is 18.5. The van der Waals surface area contributed by atoms with E-state index in [2.05, 4.69) is 10.6 Å². The van der Waals surface area contributed by atoms with Crippen molar-refractivity contribution >= 4 is 34.9 Å². The molecule has 3 heterocycles. The van der Waals surface area contributed by atoms with Crippen LogP contribution in [-0.4, -0.2) is 59.9 Å². The van der Waals surface area contributed by atoms with Gasteiger partial charge in [-0.15, -0.1) is 0 Å². The summed E-state index contributed by atoms with van der Waals surface area (Å²) < 4.78 is 0. The minimum absolute atomic E-state index is 0.177. The number of nitrogens with zero attached hydrogens (tertiary/aromatic N) is 2. The van der Waals surface area contributed by atoms with Gasteiger partial charge in [0.1, 0.15) is 6.04 Å². The Hall–Kier alpha value is -2.87. The maximum absolute atomic E-state index is 13.2. The molecule has 2 aliphatic heterocycles. The Morgan fingerprint density at radius 1 is 1.25 bits per heavy atom. The average Bonchev–Trinajstić information content (AvgIpc) is 3.23. The summed E-state index contributed by atoms with van der Waals surface area (Å²) in [6.45, 7) is 3.50. The fourth-order valence-electron chi connectivity index (χ4n) is 3.59. The van der Waals surface area contributed by atoms with Crippen molar-refractivity contribution in [2.45, 2.75) is 19.4 Å². The Morgan fingerprint density at radius 2 is 2.11 bits per heavy atom. The third-order valence-electron chi connectivity index (χ3n) is 5.12. The van der Waals surface area contributed by atoms with Crippen molar-refractivity contribution in [1.82, 2.24) is 15.1 Å². The predicted octanol–water partition coefficient (Wildman–Crippen LogP) is 2.61. The average molecular weight is 398 g/mol. The smallest absolute Gasteiger partial charge is 0.317 e. The summed E-state index contributed by atoms with van der Waals surface area (Å²) in [6, 6.07) is 6.64. The molecule has 28 heavy (non-hydrogen) atoms. The van der Waals surface area contributed by atoms with Gasteiger partial charge in [0.25, 0.3) is 5.91 Å². The lowest BCUT2D eigenvalue weighted by molar-refractivity contribution is -0.121. The number of amides is 4. The van der Waals surface area contributed by atoms with Crippen molar-refractivity contribution in [3.05, 3.63) is 40.6 Å². The van der Waals surface area contributed by atoms with E-state index in [1.54, 1.807) is 27.2 Å². The molecule has 0 aliphatic carbocycles. The molecule has 4 amide bonds. The molecule has 0 spiro atoms. The molecule has 1 aromatic heterocycles. The van der Waals surface area contributed by atoms with Gasteiger partial charge in [-0.3, -0.25) is 9.59 Å². The van der Waals surface area contributed by atoms with E-state index in [9.17, 15) is 14.4 Å². The molecule has 0 bridgehead atoms. The highest BCUT2D eigenvalue weighted by Crippen LogP contribution is 2.31. The topological polar surface area (TPSA) is 81.8 Å². The molecule has 1 saturated heterocycles. The third kappa shape index (κ3) is 3.35. The van der Waals surface area contributed by atoms with Crippen LogP contribution in [0.1, 0.15) is 23.7 Å². The van der Waals surface area contributed by atoms with E-state index in [-0.39, 0.29) is 24.4 Å². The van der Waals surface area contributed by atoms with E-state index in [0.717, 1.165) is 17.5 Å². The normalized spacial score (nSPS) is 18.8. The van der Waals surface area contributed by atoms with Crippen LogP contribution in [0.25, 0.3) is 11.1 Å². The number of thiophene rings is 1. The second-order valence-corrected chi connectivity index (χ2v) is 7.73. The molecule has 1 atom stereocenters. The second-order valence-electron chi connectivity index (χ2n) is 6.95. The highest BCUT2D eigenvalue weighted by Gasteiger charge is 2.40. The summed E-state index contributed by atoms with van der Waals surface area (Å²) in [6.07, 6.45) is 0.843. The summed E-state index contributed by atoms with van der Waals surface area (Å²) in [5.41, 5.74) is 3.00. The van der Waals surface area contributed by atoms with Crippen molar-refractivity contribution in [3.63, 3.8) is 0 Å². The first-order valence-electron chi connectivity index (χ1n) is 9.39. The molecule has 2 aliphatic rings. The molecule has 0 radical (unpaired) electrons. The number of carbonyl (C=O) groups is 3. The fraction of sp³-hybridized carbons (Fsp3) is 0.350. The maximum Gasteiger partial charge on any atom is 0.317 e. The quantitative estimate of drug-likeness (QED) is 0.834. The summed E-state index contributed by atoms with van der Waals surface area (Å²) >= 11 is 1.60. The Morgan fingerprint density at radius 3 is 2.86 bits per heavy atom. The van der Waals surface area contributed by atoms with Crippen LogP contribution in [0.15, 0.2) is 35.0 Å². The van der Waals surface area contributed by atoms with Crippen LogP contribution in [0.4, 0.5) is 10.5 Å². The van der Waals surface area contributed by atoms with Gasteiger partial charge >= 0.3 is 6.03 Å². The highest BCUT2D eigenvalue weighted by atomic mass is 32.1. The number of benzene rings is 1. The molecule has 146 valence electrons. The molecule has 1 aromatic carbocycles. The van der Waals surface area contributed by atoms with Gasteiger partial charge in [0.05, 0.1) is 17.8 Å². The summed E-state index contributed by atoms with van der Waals surface area (Å²) in [5, 5.41) is 9.72. The Kier molecular flexibility index (Phi) is 5.04. The van der Waals surface area contributed by atoms with Gasteiger partial charge in [-0.1, -0.05) is 13.0 Å². The molecule has 1 fully saturated rings. The predicted molar refractivity (Wildman–Crippen MR) is 108 cm³/mol. The Balaban J connectivity index is 1.60. The number of fused-ring (bicyclic) bond motifs is 2. The van der Waals surface area contributed by atoms with E-state index >= 15 is 0 Å². The van der Waals surface area contributed by atoms with E-state index in [4.69, 9.17) is 0 Å². The first-order chi connectivity index (χ1) is 13.6. The number of nitrogens with one attached hydrogen (secondary N) is 2. The molecule has 4 rings (SSSR count). The molecular weight excluding hydrogens is 376 g/mol. The zero-order valence-electron chi connectivity index (χ0n) is 15.6. The molecule has 2 N–H and O–H groups in total. The summed E-state index contributed by atoms with van der Waals surface area (Å²) in [4.78, 5) is 41.5. The summed E-state index contributed by atoms with van der Waals surface area (Å²) in [5.74, 6) is -0.438. The Labute approximate surface area is 167 Å². The number of piperazine rings is 1. The largest absolute Gasteiger partial charge is 0.338 e. The van der Waals surface area contributed by atoms with Crippen LogP contribution in [0.3, 0.4) is 0 Å². The van der Waals surface area contributed by atoms with Crippen LogP contribution in [0, 0.1) is 0 Å². The van der Waals surface area contributed by atoms with Crippen LogP contribution in [-0.2, 0) is 4.79 Å². The number of hydrogen-bond acceptors (Lipinski definition) is 4. The van der Waals surface area contributed by atoms with Crippen molar-refractivity contribution in [1.29, 1.82) is 0 Å². The molecular formula is C20H22N4O3S. The van der Waals surface area contributed by atoms with Crippen LogP contribution in [0.2, 0.25) is 0 Å². The third-order valence-corrected chi connectivity index (χ3v) is 5.80. The number of carbonyl (C=O) groups excluding carboxylic acids is 3. The molecule has 7 nitrogen and oxygen atoms in total. The zero-order valence-corrected chi connectivity index (χ0v) is 16.4. The van der Waals surface area contributed by atoms with Gasteiger partial charge in [-0.2, -0.15) is 11.3 Å². The minimum atomic E-state index is -0.689. The van der Waals surface area contributed by atoms with Crippen molar-refractivity contribution in [3.8, 4) is 11.1 Å². The van der Waals surface area contributed by atoms with Gasteiger partial charge in [0.15, 0.2) is 0 Å². The lowest BCUT2D eigenvalue weighted by atomic mass is 10.0. The van der Waals surface area contributed by atoms with Gasteiger partial charge in [-0.05, 0) is 46.5 Å². The number of hydrogen-bond donors (Lipinski definition) is 2. The van der Waals surface area contributed by atoms with E-state index in [0.29, 0.717) is 30.9 Å². The van der Waals surface area contributed by atoms with Gasteiger partial charge in [0, 0.05) is 19.6 Å².